The summed E-state index contributed by atoms with van der Waals surface area (Å²) in [6, 6.07) is 8.20. The summed E-state index contributed by atoms with van der Waals surface area (Å²) in [5.74, 6) is 1.91. The lowest BCUT2D eigenvalue weighted by Crippen LogP contribution is -2.45. The Morgan fingerprint density at radius 1 is 1.38 bits per heavy atom. The number of benzene rings is 1. The molecule has 3 unspecified atom stereocenters. The molecule has 24 heavy (non-hydrogen) atoms. The van der Waals surface area contributed by atoms with Crippen LogP contribution in [0.4, 0.5) is 0 Å². The summed E-state index contributed by atoms with van der Waals surface area (Å²) >= 11 is 0. The molecule has 1 heterocycles. The lowest BCUT2D eigenvalue weighted by atomic mass is 9.91. The third-order valence-electron chi connectivity index (χ3n) is 4.84. The molecular weight excluding hydrogens is 324 g/mol. The predicted octanol–water partition coefficient (Wildman–Crippen LogP) is 3.27. The molecular formula is C19H31ClN2O2. The second kappa shape index (κ2) is 9.90. The normalized spacial score (nSPS) is 20.0. The van der Waals surface area contributed by atoms with Gasteiger partial charge in [-0.3, -0.25) is 4.79 Å². The number of carbonyl (C=O) groups excluding carboxylic acids is 1. The van der Waals surface area contributed by atoms with Gasteiger partial charge in [-0.15, -0.1) is 12.4 Å². The van der Waals surface area contributed by atoms with Gasteiger partial charge in [-0.05, 0) is 49.7 Å². The molecule has 2 N–H and O–H groups in total. The van der Waals surface area contributed by atoms with Crippen LogP contribution in [0.1, 0.15) is 38.7 Å². The minimum atomic E-state index is 0. The number of carbonyl (C=O) groups is 1. The van der Waals surface area contributed by atoms with Gasteiger partial charge >= 0.3 is 0 Å². The summed E-state index contributed by atoms with van der Waals surface area (Å²) in [6.07, 6.45) is 3.65. The molecule has 1 aliphatic heterocycles. The molecule has 1 aliphatic rings. The second-order valence-corrected chi connectivity index (χ2v) is 6.93. The molecule has 1 aromatic carbocycles. The van der Waals surface area contributed by atoms with E-state index in [-0.39, 0.29) is 24.4 Å². The van der Waals surface area contributed by atoms with E-state index in [4.69, 9.17) is 10.5 Å². The molecule has 0 aliphatic carbocycles. The fourth-order valence-corrected chi connectivity index (χ4v) is 3.41. The molecule has 2 rings (SSSR count). The first-order chi connectivity index (χ1) is 11.0. The average molecular weight is 355 g/mol. The number of rotatable bonds is 6. The number of hydrogen-bond acceptors (Lipinski definition) is 3. The molecule has 136 valence electrons. The van der Waals surface area contributed by atoms with Crippen LogP contribution in [-0.4, -0.2) is 37.0 Å². The van der Waals surface area contributed by atoms with E-state index in [2.05, 4.69) is 13.0 Å². The van der Waals surface area contributed by atoms with E-state index in [0.29, 0.717) is 18.3 Å². The van der Waals surface area contributed by atoms with Gasteiger partial charge in [-0.1, -0.05) is 25.1 Å². The molecule has 5 heteroatoms. The Labute approximate surface area is 152 Å². The van der Waals surface area contributed by atoms with Crippen molar-refractivity contribution in [2.24, 2.45) is 17.6 Å². The van der Waals surface area contributed by atoms with Crippen LogP contribution in [0.2, 0.25) is 0 Å². The Morgan fingerprint density at radius 3 is 2.75 bits per heavy atom. The zero-order valence-corrected chi connectivity index (χ0v) is 15.8. The number of likely N-dealkylation sites (tertiary alicyclic amines) is 1. The minimum Gasteiger partial charge on any atom is -0.496 e. The highest BCUT2D eigenvalue weighted by atomic mass is 35.5. The van der Waals surface area contributed by atoms with Crippen LogP contribution >= 0.6 is 12.4 Å². The van der Waals surface area contributed by atoms with Gasteiger partial charge in [0, 0.05) is 25.6 Å². The summed E-state index contributed by atoms with van der Waals surface area (Å²) < 4.78 is 5.40. The van der Waals surface area contributed by atoms with Gasteiger partial charge in [0.05, 0.1) is 7.11 Å². The molecule has 1 saturated heterocycles. The molecule has 1 aromatic rings. The van der Waals surface area contributed by atoms with Crippen LogP contribution < -0.4 is 10.5 Å². The molecule has 0 bridgehead atoms. The highest BCUT2D eigenvalue weighted by Gasteiger charge is 2.26. The third-order valence-corrected chi connectivity index (χ3v) is 4.84. The number of methoxy groups -OCH3 is 1. The number of nitrogens with two attached hydrogens (primary N) is 1. The Kier molecular flexibility index (Phi) is 8.57. The van der Waals surface area contributed by atoms with Crippen LogP contribution in [0.3, 0.4) is 0 Å². The Balaban J connectivity index is 0.00000288. The quantitative estimate of drug-likeness (QED) is 0.853. The van der Waals surface area contributed by atoms with Crippen molar-refractivity contribution in [3.63, 3.8) is 0 Å². The molecule has 3 atom stereocenters. The number of amides is 1. The van der Waals surface area contributed by atoms with Gasteiger partial charge in [0.2, 0.25) is 5.91 Å². The number of halogens is 1. The van der Waals surface area contributed by atoms with Gasteiger partial charge in [0.1, 0.15) is 5.75 Å². The van der Waals surface area contributed by atoms with Crippen LogP contribution in [0, 0.1) is 11.8 Å². The van der Waals surface area contributed by atoms with Crippen molar-refractivity contribution in [3.8, 4) is 5.75 Å². The number of para-hydroxylation sites is 1. The smallest absolute Gasteiger partial charge is 0.222 e. The summed E-state index contributed by atoms with van der Waals surface area (Å²) in [4.78, 5) is 14.6. The van der Waals surface area contributed by atoms with Crippen molar-refractivity contribution < 1.29 is 9.53 Å². The SMILES string of the molecule is COc1ccccc1CC(C)CC(=O)N1CCCC(C(C)N)C1.Cl. The van der Waals surface area contributed by atoms with Crippen LogP contribution in [0.5, 0.6) is 5.75 Å². The number of piperidine rings is 1. The Bertz CT molecular complexity index is 522. The number of nitrogens with zero attached hydrogens (tertiary/aromatic N) is 1. The van der Waals surface area contributed by atoms with Crippen molar-refractivity contribution in [3.05, 3.63) is 29.8 Å². The van der Waals surface area contributed by atoms with E-state index in [1.165, 1.54) is 5.56 Å². The van der Waals surface area contributed by atoms with Crippen molar-refractivity contribution in [1.29, 1.82) is 0 Å². The van der Waals surface area contributed by atoms with Crippen LogP contribution in [0.25, 0.3) is 0 Å². The minimum absolute atomic E-state index is 0. The van der Waals surface area contributed by atoms with Gasteiger partial charge in [-0.2, -0.15) is 0 Å². The molecule has 0 spiro atoms. The van der Waals surface area contributed by atoms with Crippen LogP contribution in [0.15, 0.2) is 24.3 Å². The topological polar surface area (TPSA) is 55.6 Å². The largest absolute Gasteiger partial charge is 0.496 e. The molecule has 0 saturated carbocycles. The predicted molar refractivity (Wildman–Crippen MR) is 101 cm³/mol. The maximum atomic E-state index is 12.6. The van der Waals surface area contributed by atoms with Crippen molar-refractivity contribution in [2.75, 3.05) is 20.2 Å². The van der Waals surface area contributed by atoms with E-state index in [9.17, 15) is 4.79 Å². The molecule has 1 fully saturated rings. The van der Waals surface area contributed by atoms with Crippen molar-refractivity contribution >= 4 is 18.3 Å². The van der Waals surface area contributed by atoms with Gasteiger partial charge in [0.15, 0.2) is 0 Å². The molecule has 0 aromatic heterocycles. The number of hydrogen-bond donors (Lipinski definition) is 1. The van der Waals surface area contributed by atoms with Gasteiger partial charge in [0.25, 0.3) is 0 Å². The van der Waals surface area contributed by atoms with E-state index >= 15 is 0 Å². The van der Waals surface area contributed by atoms with E-state index < -0.39 is 0 Å². The highest BCUT2D eigenvalue weighted by molar-refractivity contribution is 5.85. The zero-order valence-electron chi connectivity index (χ0n) is 15.0. The Hall–Kier alpha value is -1.26. The fourth-order valence-electron chi connectivity index (χ4n) is 3.41. The third kappa shape index (κ3) is 5.67. The van der Waals surface area contributed by atoms with Crippen LogP contribution in [-0.2, 0) is 11.2 Å². The second-order valence-electron chi connectivity index (χ2n) is 6.93. The number of ether oxygens (including phenoxy) is 1. The summed E-state index contributed by atoms with van der Waals surface area (Å²) in [6.45, 7) is 5.88. The molecule has 4 nitrogen and oxygen atoms in total. The van der Waals surface area contributed by atoms with E-state index in [1.807, 2.05) is 30.0 Å². The molecule has 0 radical (unpaired) electrons. The fraction of sp³-hybridized carbons (Fsp3) is 0.632. The van der Waals surface area contributed by atoms with Gasteiger partial charge < -0.3 is 15.4 Å². The maximum absolute atomic E-state index is 12.6. The maximum Gasteiger partial charge on any atom is 0.222 e. The molecule has 1 amide bonds. The van der Waals surface area contributed by atoms with E-state index in [0.717, 1.165) is 38.1 Å². The van der Waals surface area contributed by atoms with Crippen molar-refractivity contribution in [1.82, 2.24) is 4.90 Å². The highest BCUT2D eigenvalue weighted by Crippen LogP contribution is 2.24. The monoisotopic (exact) mass is 354 g/mol. The lowest BCUT2D eigenvalue weighted by Gasteiger charge is -2.35. The Morgan fingerprint density at radius 2 is 2.08 bits per heavy atom. The zero-order chi connectivity index (χ0) is 16.8. The van der Waals surface area contributed by atoms with E-state index in [1.54, 1.807) is 7.11 Å². The lowest BCUT2D eigenvalue weighted by molar-refractivity contribution is -0.134. The summed E-state index contributed by atoms with van der Waals surface area (Å²) in [7, 11) is 1.69. The van der Waals surface area contributed by atoms with Gasteiger partial charge in [-0.25, -0.2) is 0 Å². The average Bonchev–Trinajstić information content (AvgIpc) is 2.55. The first-order valence-electron chi connectivity index (χ1n) is 8.66. The first-order valence-corrected chi connectivity index (χ1v) is 8.66. The summed E-state index contributed by atoms with van der Waals surface area (Å²) in [5.41, 5.74) is 7.18. The summed E-state index contributed by atoms with van der Waals surface area (Å²) in [5, 5.41) is 0. The van der Waals surface area contributed by atoms with Crippen molar-refractivity contribution in [2.45, 2.75) is 45.6 Å². The first kappa shape index (κ1) is 20.8. The standard InChI is InChI=1S/C19H30N2O2.ClH/c1-14(11-16-7-4-5-9-18(16)23-3)12-19(22)21-10-6-8-17(13-21)15(2)20;/h4-5,7,9,14-15,17H,6,8,10-13,20H2,1-3H3;1H.